The number of ether oxygens (including phenoxy) is 1. The minimum absolute atomic E-state index is 0.179. The van der Waals surface area contributed by atoms with E-state index in [1.165, 1.54) is 0 Å². The van der Waals surface area contributed by atoms with Crippen molar-refractivity contribution >= 4 is 12.0 Å². The fourth-order valence-electron chi connectivity index (χ4n) is 2.58. The lowest BCUT2D eigenvalue weighted by atomic mass is 10.2. The highest BCUT2D eigenvalue weighted by Gasteiger charge is 2.25. The minimum atomic E-state index is -0.881. The highest BCUT2D eigenvalue weighted by molar-refractivity contribution is 5.94. The first-order valence-corrected chi connectivity index (χ1v) is 8.59. The average molecular weight is 369 g/mol. The number of amides is 2. The van der Waals surface area contributed by atoms with E-state index in [2.05, 4.69) is 10.2 Å². The number of piperazine rings is 1. The van der Waals surface area contributed by atoms with Crippen molar-refractivity contribution in [2.24, 2.45) is 0 Å². The maximum absolute atomic E-state index is 13.6. The van der Waals surface area contributed by atoms with Gasteiger partial charge in [-0.3, -0.25) is 9.69 Å². The van der Waals surface area contributed by atoms with Gasteiger partial charge in [-0.1, -0.05) is 0 Å². The molecule has 0 radical (unpaired) electrons. The Hall–Kier alpha value is -2.22. The Morgan fingerprint density at radius 3 is 2.38 bits per heavy atom. The normalized spacial score (nSPS) is 15.7. The van der Waals surface area contributed by atoms with Gasteiger partial charge in [0.15, 0.2) is 0 Å². The highest BCUT2D eigenvalue weighted by atomic mass is 19.1. The highest BCUT2D eigenvalue weighted by Crippen LogP contribution is 2.12. The van der Waals surface area contributed by atoms with E-state index < -0.39 is 23.1 Å². The van der Waals surface area contributed by atoms with Crippen LogP contribution in [0.1, 0.15) is 31.1 Å². The number of hydrogen-bond donors (Lipinski definition) is 1. The van der Waals surface area contributed by atoms with Crippen molar-refractivity contribution in [1.29, 1.82) is 0 Å². The monoisotopic (exact) mass is 369 g/mol. The van der Waals surface area contributed by atoms with Crippen LogP contribution in [-0.4, -0.2) is 66.7 Å². The molecule has 0 aliphatic carbocycles. The third-order valence-electron chi connectivity index (χ3n) is 3.91. The number of hydrogen-bond acceptors (Lipinski definition) is 4. The summed E-state index contributed by atoms with van der Waals surface area (Å²) in [4.78, 5) is 27.7. The van der Waals surface area contributed by atoms with Crippen molar-refractivity contribution < 1.29 is 23.1 Å². The fourth-order valence-corrected chi connectivity index (χ4v) is 2.58. The smallest absolute Gasteiger partial charge is 0.410 e. The molecule has 1 N–H and O–H groups in total. The van der Waals surface area contributed by atoms with Crippen LogP contribution in [0.5, 0.6) is 0 Å². The molecule has 1 fully saturated rings. The van der Waals surface area contributed by atoms with E-state index in [0.29, 0.717) is 45.3 Å². The van der Waals surface area contributed by atoms with E-state index in [1.54, 1.807) is 4.90 Å². The summed E-state index contributed by atoms with van der Waals surface area (Å²) < 4.78 is 31.8. The van der Waals surface area contributed by atoms with E-state index in [0.717, 1.165) is 12.1 Å². The minimum Gasteiger partial charge on any atom is -0.444 e. The SMILES string of the molecule is CC(C)(C)OC(=O)N1CCN(CCNC(=O)c2ccc(F)cc2F)CC1. The first-order valence-electron chi connectivity index (χ1n) is 8.59. The molecule has 0 saturated carbocycles. The summed E-state index contributed by atoms with van der Waals surface area (Å²) in [7, 11) is 0. The number of nitrogens with one attached hydrogen (secondary N) is 1. The number of carbonyl (C=O) groups excluding carboxylic acids is 2. The van der Waals surface area contributed by atoms with Crippen molar-refractivity contribution in [1.82, 2.24) is 15.1 Å². The predicted octanol–water partition coefficient (Wildman–Crippen LogP) is 2.25. The van der Waals surface area contributed by atoms with Crippen LogP contribution in [0.2, 0.25) is 0 Å². The first kappa shape index (κ1) is 20.1. The molecule has 1 aliphatic rings. The summed E-state index contributed by atoms with van der Waals surface area (Å²) in [5, 5.41) is 2.62. The van der Waals surface area contributed by atoms with Crippen LogP contribution in [0.4, 0.5) is 13.6 Å². The molecule has 0 bridgehead atoms. The summed E-state index contributed by atoms with van der Waals surface area (Å²) in [6.07, 6.45) is -0.322. The van der Waals surface area contributed by atoms with Crippen molar-refractivity contribution in [3.05, 3.63) is 35.4 Å². The van der Waals surface area contributed by atoms with Crippen LogP contribution in [-0.2, 0) is 4.74 Å². The van der Waals surface area contributed by atoms with Gasteiger partial charge in [0, 0.05) is 45.3 Å². The molecule has 0 aromatic heterocycles. The van der Waals surface area contributed by atoms with Gasteiger partial charge in [0.2, 0.25) is 0 Å². The zero-order valence-corrected chi connectivity index (χ0v) is 15.3. The van der Waals surface area contributed by atoms with E-state index in [1.807, 2.05) is 20.8 Å². The second-order valence-corrected chi connectivity index (χ2v) is 7.19. The molecule has 144 valence electrons. The Bertz CT molecular complexity index is 654. The Morgan fingerprint density at radius 2 is 1.81 bits per heavy atom. The second-order valence-electron chi connectivity index (χ2n) is 7.19. The van der Waals surface area contributed by atoms with Crippen LogP contribution in [0, 0.1) is 11.6 Å². The Balaban J connectivity index is 1.72. The van der Waals surface area contributed by atoms with Gasteiger partial charge in [-0.2, -0.15) is 0 Å². The van der Waals surface area contributed by atoms with Crippen molar-refractivity contribution in [3.8, 4) is 0 Å². The number of benzene rings is 1. The molecule has 2 amide bonds. The van der Waals surface area contributed by atoms with Crippen molar-refractivity contribution in [2.75, 3.05) is 39.3 Å². The quantitative estimate of drug-likeness (QED) is 0.884. The van der Waals surface area contributed by atoms with Gasteiger partial charge >= 0.3 is 6.09 Å². The molecule has 1 aromatic carbocycles. The molecular formula is C18H25F2N3O3. The van der Waals surface area contributed by atoms with E-state index in [-0.39, 0.29) is 11.7 Å². The summed E-state index contributed by atoms with van der Waals surface area (Å²) in [6.45, 7) is 8.83. The summed E-state index contributed by atoms with van der Waals surface area (Å²) in [6, 6.07) is 2.86. The number of carbonyl (C=O) groups is 2. The zero-order chi connectivity index (χ0) is 19.3. The predicted molar refractivity (Wildman–Crippen MR) is 92.9 cm³/mol. The van der Waals surface area contributed by atoms with Gasteiger partial charge in [0.05, 0.1) is 5.56 Å². The average Bonchev–Trinajstić information content (AvgIpc) is 2.53. The van der Waals surface area contributed by atoms with Gasteiger partial charge in [-0.15, -0.1) is 0 Å². The van der Waals surface area contributed by atoms with Gasteiger partial charge < -0.3 is 15.0 Å². The third-order valence-corrected chi connectivity index (χ3v) is 3.91. The van der Waals surface area contributed by atoms with E-state index in [9.17, 15) is 18.4 Å². The van der Waals surface area contributed by atoms with Gasteiger partial charge in [-0.25, -0.2) is 13.6 Å². The molecule has 1 aliphatic heterocycles. The van der Waals surface area contributed by atoms with Gasteiger partial charge in [0.1, 0.15) is 17.2 Å². The Kier molecular flexibility index (Phi) is 6.52. The van der Waals surface area contributed by atoms with E-state index in [4.69, 9.17) is 4.74 Å². The lowest BCUT2D eigenvalue weighted by molar-refractivity contribution is 0.0147. The molecule has 8 heteroatoms. The van der Waals surface area contributed by atoms with Crippen LogP contribution in [0.25, 0.3) is 0 Å². The summed E-state index contributed by atoms with van der Waals surface area (Å²) in [5.41, 5.74) is -0.699. The number of halogens is 2. The topological polar surface area (TPSA) is 61.9 Å². The first-order chi connectivity index (χ1) is 12.2. The lowest BCUT2D eigenvalue weighted by Crippen LogP contribution is -2.51. The molecule has 0 unspecified atom stereocenters. The van der Waals surface area contributed by atoms with E-state index >= 15 is 0 Å². The molecule has 2 rings (SSSR count). The Morgan fingerprint density at radius 1 is 1.15 bits per heavy atom. The lowest BCUT2D eigenvalue weighted by Gasteiger charge is -2.35. The molecule has 0 atom stereocenters. The van der Waals surface area contributed by atoms with Crippen LogP contribution < -0.4 is 5.32 Å². The Labute approximate surface area is 152 Å². The molecule has 26 heavy (non-hydrogen) atoms. The molecule has 6 nitrogen and oxygen atoms in total. The van der Waals surface area contributed by atoms with Crippen LogP contribution >= 0.6 is 0 Å². The standard InChI is InChI=1S/C18H25F2N3O3/c1-18(2,3)26-17(25)23-10-8-22(9-11-23)7-6-21-16(24)14-5-4-13(19)12-15(14)20/h4-5,12H,6-11H2,1-3H3,(H,21,24). The number of nitrogens with zero attached hydrogens (tertiary/aromatic N) is 2. The third kappa shape index (κ3) is 5.94. The summed E-state index contributed by atoms with van der Waals surface area (Å²) >= 11 is 0. The molecule has 1 heterocycles. The van der Waals surface area contributed by atoms with Crippen molar-refractivity contribution in [3.63, 3.8) is 0 Å². The molecule has 0 spiro atoms. The van der Waals surface area contributed by atoms with Gasteiger partial charge in [0.25, 0.3) is 5.91 Å². The second kappa shape index (κ2) is 8.44. The van der Waals surface area contributed by atoms with Crippen molar-refractivity contribution in [2.45, 2.75) is 26.4 Å². The van der Waals surface area contributed by atoms with Gasteiger partial charge in [-0.05, 0) is 32.9 Å². The fraction of sp³-hybridized carbons (Fsp3) is 0.556. The summed E-state index contributed by atoms with van der Waals surface area (Å²) in [5.74, 6) is -2.18. The largest absolute Gasteiger partial charge is 0.444 e. The maximum atomic E-state index is 13.6. The van der Waals surface area contributed by atoms with Crippen LogP contribution in [0.15, 0.2) is 18.2 Å². The maximum Gasteiger partial charge on any atom is 0.410 e. The molecule has 1 aromatic rings. The molecule has 1 saturated heterocycles. The van der Waals surface area contributed by atoms with Crippen LogP contribution in [0.3, 0.4) is 0 Å². The molecular weight excluding hydrogens is 344 g/mol. The number of rotatable bonds is 4. The zero-order valence-electron chi connectivity index (χ0n) is 15.3.